The molecular weight excluding hydrogens is 134 g/mol. The second-order valence-electron chi connectivity index (χ2n) is 1.99. The second-order valence-corrected chi connectivity index (χ2v) is 1.99. The molecule has 0 aliphatic heterocycles. The van der Waals surface area contributed by atoms with Gasteiger partial charge in [0.15, 0.2) is 0 Å². The van der Waals surface area contributed by atoms with Crippen molar-refractivity contribution in [3.63, 3.8) is 0 Å². The van der Waals surface area contributed by atoms with Crippen LogP contribution in [0.2, 0.25) is 0 Å². The van der Waals surface area contributed by atoms with Gasteiger partial charge in [-0.15, -0.1) is 0 Å². The topological polar surface area (TPSA) is 0 Å². The molecule has 0 saturated heterocycles. The lowest BCUT2D eigenvalue weighted by atomic mass is 10.1. The lowest BCUT2D eigenvalue weighted by molar-refractivity contribution is 0.575. The summed E-state index contributed by atoms with van der Waals surface area (Å²) in [6, 6.07) is 3.49. The van der Waals surface area contributed by atoms with E-state index in [4.69, 9.17) is 0 Å². The van der Waals surface area contributed by atoms with Crippen molar-refractivity contribution in [3.05, 3.63) is 42.3 Å². The van der Waals surface area contributed by atoms with E-state index < -0.39 is 11.6 Å². The molecule has 1 aromatic carbocycles. The SMILES string of the molecule is [CH2]Cc1ccc(F)cc1F. The Kier molecular flexibility index (Phi) is 2.00. The van der Waals surface area contributed by atoms with Crippen molar-refractivity contribution in [2.45, 2.75) is 6.42 Å². The van der Waals surface area contributed by atoms with Crippen molar-refractivity contribution in [1.29, 1.82) is 0 Å². The van der Waals surface area contributed by atoms with Crippen molar-refractivity contribution in [1.82, 2.24) is 0 Å². The van der Waals surface area contributed by atoms with E-state index in [1.54, 1.807) is 0 Å². The van der Waals surface area contributed by atoms with E-state index >= 15 is 0 Å². The maximum Gasteiger partial charge on any atom is 0.129 e. The van der Waals surface area contributed by atoms with Crippen LogP contribution >= 0.6 is 0 Å². The minimum atomic E-state index is -0.547. The first-order chi connectivity index (χ1) is 4.74. The first-order valence-electron chi connectivity index (χ1n) is 2.97. The molecule has 1 aromatic rings. The lowest BCUT2D eigenvalue weighted by Crippen LogP contribution is -1.87. The Bertz CT molecular complexity index is 231. The van der Waals surface area contributed by atoms with Crippen LogP contribution in [0.25, 0.3) is 0 Å². The van der Waals surface area contributed by atoms with E-state index in [2.05, 4.69) is 6.92 Å². The van der Waals surface area contributed by atoms with Gasteiger partial charge < -0.3 is 0 Å². The molecule has 0 amide bonds. The summed E-state index contributed by atoms with van der Waals surface area (Å²) in [6.07, 6.45) is 0.353. The Hall–Kier alpha value is -0.920. The van der Waals surface area contributed by atoms with Gasteiger partial charge in [0, 0.05) is 6.07 Å². The van der Waals surface area contributed by atoms with Gasteiger partial charge in [0.2, 0.25) is 0 Å². The van der Waals surface area contributed by atoms with Gasteiger partial charge >= 0.3 is 0 Å². The molecule has 0 unspecified atom stereocenters. The van der Waals surface area contributed by atoms with Crippen LogP contribution in [-0.4, -0.2) is 0 Å². The molecule has 0 aliphatic rings. The average molecular weight is 141 g/mol. The summed E-state index contributed by atoms with van der Waals surface area (Å²) in [5, 5.41) is 0. The third kappa shape index (κ3) is 1.32. The minimum Gasteiger partial charge on any atom is -0.207 e. The van der Waals surface area contributed by atoms with Gasteiger partial charge in [0.05, 0.1) is 0 Å². The quantitative estimate of drug-likeness (QED) is 0.563. The molecule has 0 fully saturated rings. The summed E-state index contributed by atoms with van der Waals surface area (Å²) in [4.78, 5) is 0. The van der Waals surface area contributed by atoms with Crippen LogP contribution in [0.5, 0.6) is 0 Å². The molecule has 53 valence electrons. The van der Waals surface area contributed by atoms with Crippen LogP contribution in [0.3, 0.4) is 0 Å². The Labute approximate surface area is 58.5 Å². The number of benzene rings is 1. The molecule has 0 bridgehead atoms. The van der Waals surface area contributed by atoms with Gasteiger partial charge in [-0.25, -0.2) is 8.78 Å². The van der Waals surface area contributed by atoms with Crippen LogP contribution in [-0.2, 0) is 6.42 Å². The standard InChI is InChI=1S/C8H7F2/c1-2-6-3-4-7(9)5-8(6)10/h3-5H,1-2H2. The van der Waals surface area contributed by atoms with E-state index in [9.17, 15) is 8.78 Å². The Morgan fingerprint density at radius 1 is 1.30 bits per heavy atom. The molecule has 2 heteroatoms. The maximum atomic E-state index is 12.6. The van der Waals surface area contributed by atoms with Crippen molar-refractivity contribution in [3.8, 4) is 0 Å². The Balaban J connectivity index is 3.07. The van der Waals surface area contributed by atoms with Crippen LogP contribution in [0.4, 0.5) is 8.78 Å². The predicted molar refractivity (Wildman–Crippen MR) is 35.4 cm³/mol. The summed E-state index contributed by atoms with van der Waals surface area (Å²) in [7, 11) is 0. The highest BCUT2D eigenvalue weighted by molar-refractivity contribution is 5.18. The lowest BCUT2D eigenvalue weighted by Gasteiger charge is -1.96. The van der Waals surface area contributed by atoms with E-state index in [0.717, 1.165) is 6.07 Å². The van der Waals surface area contributed by atoms with Gasteiger partial charge in [0.1, 0.15) is 11.6 Å². The highest BCUT2D eigenvalue weighted by Gasteiger charge is 1.99. The monoisotopic (exact) mass is 141 g/mol. The summed E-state index contributed by atoms with van der Waals surface area (Å²) >= 11 is 0. The van der Waals surface area contributed by atoms with E-state index in [-0.39, 0.29) is 0 Å². The summed E-state index contributed by atoms with van der Waals surface area (Å²) in [5.74, 6) is -1.07. The zero-order chi connectivity index (χ0) is 7.56. The Morgan fingerprint density at radius 2 is 2.00 bits per heavy atom. The smallest absolute Gasteiger partial charge is 0.129 e. The molecule has 0 atom stereocenters. The van der Waals surface area contributed by atoms with Gasteiger partial charge in [-0.2, -0.15) is 0 Å². The average Bonchev–Trinajstić information content (AvgIpc) is 1.88. The van der Waals surface area contributed by atoms with Gasteiger partial charge in [-0.05, 0) is 25.0 Å². The van der Waals surface area contributed by atoms with Gasteiger partial charge in [-0.3, -0.25) is 0 Å². The molecule has 1 radical (unpaired) electrons. The zero-order valence-corrected chi connectivity index (χ0v) is 5.40. The molecule has 0 aliphatic carbocycles. The summed E-state index contributed by atoms with van der Waals surface area (Å²) < 4.78 is 24.8. The molecule has 0 nitrogen and oxygen atoms in total. The largest absolute Gasteiger partial charge is 0.207 e. The molecule has 0 N–H and O–H groups in total. The second kappa shape index (κ2) is 2.78. The summed E-state index contributed by atoms with van der Waals surface area (Å²) in [6.45, 7) is 3.48. The van der Waals surface area contributed by atoms with Crippen molar-refractivity contribution < 1.29 is 8.78 Å². The molecule has 0 spiro atoms. The molecule has 0 aromatic heterocycles. The highest BCUT2D eigenvalue weighted by Crippen LogP contribution is 2.08. The fourth-order valence-electron chi connectivity index (χ4n) is 0.724. The molecule has 1 rings (SSSR count). The molecule has 0 heterocycles. The van der Waals surface area contributed by atoms with E-state index in [1.807, 2.05) is 0 Å². The maximum absolute atomic E-state index is 12.6. The van der Waals surface area contributed by atoms with E-state index in [1.165, 1.54) is 12.1 Å². The van der Waals surface area contributed by atoms with Crippen molar-refractivity contribution in [2.24, 2.45) is 0 Å². The predicted octanol–water partition coefficient (Wildman–Crippen LogP) is 2.34. The minimum absolute atomic E-state index is 0.353. The van der Waals surface area contributed by atoms with Gasteiger partial charge in [0.25, 0.3) is 0 Å². The molecular formula is C8H7F2. The number of hydrogen-bond acceptors (Lipinski definition) is 0. The van der Waals surface area contributed by atoms with Crippen molar-refractivity contribution in [2.75, 3.05) is 0 Å². The first-order valence-corrected chi connectivity index (χ1v) is 2.97. The third-order valence-corrected chi connectivity index (χ3v) is 1.28. The van der Waals surface area contributed by atoms with Crippen LogP contribution < -0.4 is 0 Å². The van der Waals surface area contributed by atoms with Crippen LogP contribution in [0, 0.1) is 18.6 Å². The highest BCUT2D eigenvalue weighted by atomic mass is 19.1. The number of rotatable bonds is 1. The number of halogens is 2. The fraction of sp³-hybridized carbons (Fsp3) is 0.125. The van der Waals surface area contributed by atoms with Crippen LogP contribution in [0.15, 0.2) is 18.2 Å². The van der Waals surface area contributed by atoms with Crippen LogP contribution in [0.1, 0.15) is 5.56 Å². The third-order valence-electron chi connectivity index (χ3n) is 1.28. The zero-order valence-electron chi connectivity index (χ0n) is 5.40. The van der Waals surface area contributed by atoms with Gasteiger partial charge in [-0.1, -0.05) is 6.07 Å². The molecule has 0 saturated carbocycles. The first kappa shape index (κ1) is 7.19. The normalized spacial score (nSPS) is 9.90. The Morgan fingerprint density at radius 3 is 2.50 bits per heavy atom. The fourth-order valence-corrected chi connectivity index (χ4v) is 0.724. The summed E-state index contributed by atoms with van der Waals surface area (Å²) in [5.41, 5.74) is 0.446. The molecule has 10 heavy (non-hydrogen) atoms. The van der Waals surface area contributed by atoms with Crippen molar-refractivity contribution >= 4 is 0 Å². The number of hydrogen-bond donors (Lipinski definition) is 0. The van der Waals surface area contributed by atoms with E-state index in [0.29, 0.717) is 12.0 Å².